The van der Waals surface area contributed by atoms with Crippen LogP contribution in [-0.4, -0.2) is 33.9 Å². The minimum Gasteiger partial charge on any atom is -0.455 e. The fraction of sp³-hybridized carbons (Fsp3) is 0.222. The predicted octanol–water partition coefficient (Wildman–Crippen LogP) is 5.30. The fourth-order valence-corrected chi connectivity index (χ4v) is 4.95. The Balaban J connectivity index is 1.76. The average molecular weight is 552 g/mol. The number of ether oxygens (including phenoxy) is 1. The molecule has 0 saturated heterocycles. The topological polar surface area (TPSA) is 132 Å². The van der Waals surface area contributed by atoms with Crippen LogP contribution in [0.25, 0.3) is 28.3 Å². The number of hydrogen-bond donors (Lipinski definition) is 2. The first-order valence-electron chi connectivity index (χ1n) is 12.1. The molecule has 0 saturated carbocycles. The second-order valence-corrected chi connectivity index (χ2v) is 11.3. The van der Waals surface area contributed by atoms with Crippen molar-refractivity contribution in [2.24, 2.45) is 0 Å². The summed E-state index contributed by atoms with van der Waals surface area (Å²) >= 11 is 0. The third-order valence-corrected chi connectivity index (χ3v) is 7.54. The summed E-state index contributed by atoms with van der Waals surface area (Å²) in [6, 6.07) is 9.26. The monoisotopic (exact) mass is 551 g/mol. The van der Waals surface area contributed by atoms with Crippen molar-refractivity contribution in [3.8, 4) is 28.8 Å². The number of halogens is 1. The molecular formula is C27H26FN5O5S. The summed E-state index contributed by atoms with van der Waals surface area (Å²) in [4.78, 5) is 16.2. The van der Waals surface area contributed by atoms with Gasteiger partial charge in [0, 0.05) is 18.7 Å². The predicted molar refractivity (Wildman–Crippen MR) is 146 cm³/mol. The SMILES string of the molecule is CCS(=O)(=O)Nc1ccc(Oc2c(C)cc(F)cc2C)c(-n2cc(C)c(=O)c3[nH]c(-c4nnc(C)o4)cc32)c1. The van der Waals surface area contributed by atoms with Crippen molar-refractivity contribution in [3.05, 3.63) is 81.2 Å². The van der Waals surface area contributed by atoms with Gasteiger partial charge in [0.15, 0.2) is 5.75 Å². The zero-order chi connectivity index (χ0) is 28.1. The Hall–Kier alpha value is -4.45. The van der Waals surface area contributed by atoms with Crippen molar-refractivity contribution in [3.63, 3.8) is 0 Å². The molecular weight excluding hydrogens is 525 g/mol. The van der Waals surface area contributed by atoms with Crippen LogP contribution in [0.3, 0.4) is 0 Å². The second kappa shape index (κ2) is 9.70. The van der Waals surface area contributed by atoms with Crippen molar-refractivity contribution in [1.29, 1.82) is 0 Å². The van der Waals surface area contributed by atoms with Gasteiger partial charge in [-0.25, -0.2) is 12.8 Å². The van der Waals surface area contributed by atoms with Crippen molar-refractivity contribution >= 4 is 26.7 Å². The first kappa shape index (κ1) is 26.2. The van der Waals surface area contributed by atoms with Gasteiger partial charge in [0.2, 0.25) is 21.3 Å². The lowest BCUT2D eigenvalue weighted by atomic mass is 10.1. The standard InChI is InChI=1S/C27H26FN5O5S/c1-6-39(35,36)32-19-7-8-23(38-26-14(2)9-18(28)10-15(26)3)21(11-19)33-13-16(4)25(34)24-22(33)12-20(29-24)27-31-30-17(5)37-27/h7-13,29,32H,6H2,1-5H3. The van der Waals surface area contributed by atoms with Crippen LogP contribution >= 0.6 is 0 Å². The summed E-state index contributed by atoms with van der Waals surface area (Å²) < 4.78 is 54.8. The van der Waals surface area contributed by atoms with Crippen LogP contribution in [0.2, 0.25) is 0 Å². The van der Waals surface area contributed by atoms with Gasteiger partial charge in [-0.05, 0) is 75.2 Å². The molecule has 2 aromatic carbocycles. The van der Waals surface area contributed by atoms with Crippen LogP contribution in [0.5, 0.6) is 11.5 Å². The molecule has 39 heavy (non-hydrogen) atoms. The van der Waals surface area contributed by atoms with Gasteiger partial charge in [0.1, 0.15) is 22.8 Å². The third-order valence-electron chi connectivity index (χ3n) is 6.23. The van der Waals surface area contributed by atoms with E-state index in [1.165, 1.54) is 19.1 Å². The maximum atomic E-state index is 14.0. The van der Waals surface area contributed by atoms with E-state index in [2.05, 4.69) is 19.9 Å². The first-order valence-corrected chi connectivity index (χ1v) is 13.8. The summed E-state index contributed by atoms with van der Waals surface area (Å²) in [6.07, 6.45) is 1.64. The lowest BCUT2D eigenvalue weighted by molar-refractivity contribution is 0.470. The van der Waals surface area contributed by atoms with Crippen LogP contribution in [-0.2, 0) is 10.0 Å². The van der Waals surface area contributed by atoms with Gasteiger partial charge in [-0.3, -0.25) is 9.52 Å². The van der Waals surface area contributed by atoms with E-state index >= 15 is 0 Å². The van der Waals surface area contributed by atoms with Crippen molar-refractivity contribution in [2.75, 3.05) is 10.5 Å². The zero-order valence-electron chi connectivity index (χ0n) is 21.9. The van der Waals surface area contributed by atoms with E-state index in [9.17, 15) is 17.6 Å². The minimum atomic E-state index is -3.57. The van der Waals surface area contributed by atoms with Crippen molar-refractivity contribution in [1.82, 2.24) is 19.7 Å². The van der Waals surface area contributed by atoms with Gasteiger partial charge in [-0.15, -0.1) is 10.2 Å². The zero-order valence-corrected chi connectivity index (χ0v) is 22.7. The third kappa shape index (κ3) is 5.02. The van der Waals surface area contributed by atoms with E-state index in [4.69, 9.17) is 9.15 Å². The molecule has 5 aromatic rings. The normalized spacial score (nSPS) is 11.7. The number of anilines is 1. The molecule has 0 radical (unpaired) electrons. The molecule has 0 atom stereocenters. The Morgan fingerprint density at radius 2 is 1.77 bits per heavy atom. The molecule has 2 N–H and O–H groups in total. The number of nitrogens with zero attached hydrogens (tertiary/aromatic N) is 3. The number of aryl methyl sites for hydroxylation is 4. The van der Waals surface area contributed by atoms with Gasteiger partial charge in [-0.2, -0.15) is 0 Å². The molecule has 202 valence electrons. The quantitative estimate of drug-likeness (QED) is 0.281. The maximum Gasteiger partial charge on any atom is 0.264 e. The lowest BCUT2D eigenvalue weighted by Crippen LogP contribution is -2.15. The van der Waals surface area contributed by atoms with E-state index in [1.54, 1.807) is 62.7 Å². The summed E-state index contributed by atoms with van der Waals surface area (Å²) in [5, 5.41) is 7.90. The molecule has 12 heteroatoms. The molecule has 0 spiro atoms. The maximum absolute atomic E-state index is 14.0. The number of aromatic amines is 1. The Labute approximate surface area is 223 Å². The van der Waals surface area contributed by atoms with Crippen LogP contribution in [0.4, 0.5) is 10.1 Å². The van der Waals surface area contributed by atoms with E-state index in [1.807, 2.05) is 0 Å². The first-order chi connectivity index (χ1) is 18.5. The lowest BCUT2D eigenvalue weighted by Gasteiger charge is -2.19. The minimum absolute atomic E-state index is 0.110. The van der Waals surface area contributed by atoms with Crippen LogP contribution < -0.4 is 14.9 Å². The molecule has 0 fully saturated rings. The Kier molecular flexibility index (Phi) is 6.51. The van der Waals surface area contributed by atoms with Crippen molar-refractivity contribution < 1.29 is 22.0 Å². The highest BCUT2D eigenvalue weighted by Crippen LogP contribution is 2.36. The molecule has 0 amide bonds. The van der Waals surface area contributed by atoms with Crippen LogP contribution in [0.1, 0.15) is 29.5 Å². The largest absolute Gasteiger partial charge is 0.455 e. The molecule has 10 nitrogen and oxygen atoms in total. The number of rotatable bonds is 7. The van der Waals surface area contributed by atoms with Gasteiger partial charge < -0.3 is 18.7 Å². The molecule has 3 aromatic heterocycles. The molecule has 3 heterocycles. The Morgan fingerprint density at radius 3 is 2.41 bits per heavy atom. The molecule has 0 bridgehead atoms. The highest BCUT2D eigenvalue weighted by molar-refractivity contribution is 7.92. The molecule has 0 aliphatic carbocycles. The molecule has 5 rings (SSSR count). The summed E-state index contributed by atoms with van der Waals surface area (Å²) in [7, 11) is -3.57. The van der Waals surface area contributed by atoms with Crippen LogP contribution in [0.15, 0.2) is 51.8 Å². The van der Waals surface area contributed by atoms with Gasteiger partial charge >= 0.3 is 0 Å². The number of sulfonamides is 1. The highest BCUT2D eigenvalue weighted by Gasteiger charge is 2.20. The highest BCUT2D eigenvalue weighted by atomic mass is 32.2. The van der Waals surface area contributed by atoms with Crippen LogP contribution in [0, 0.1) is 33.5 Å². The van der Waals surface area contributed by atoms with Gasteiger partial charge in [0.25, 0.3) is 5.89 Å². The van der Waals surface area contributed by atoms with Gasteiger partial charge in [-0.1, -0.05) is 0 Å². The fourth-order valence-electron chi connectivity index (χ4n) is 4.32. The molecule has 0 unspecified atom stereocenters. The molecule has 0 aliphatic rings. The number of pyridine rings is 1. The van der Waals surface area contributed by atoms with E-state index < -0.39 is 10.0 Å². The summed E-state index contributed by atoms with van der Waals surface area (Å²) in [5.74, 6) is 0.909. The van der Waals surface area contributed by atoms with Gasteiger partial charge in [0.05, 0.1) is 22.6 Å². The number of fused-ring (bicyclic) bond motifs is 1. The number of H-pyrrole nitrogens is 1. The Morgan fingerprint density at radius 1 is 1.05 bits per heavy atom. The molecule has 0 aliphatic heterocycles. The van der Waals surface area contributed by atoms with E-state index in [0.717, 1.165) is 0 Å². The average Bonchev–Trinajstić information content (AvgIpc) is 3.51. The smallest absolute Gasteiger partial charge is 0.264 e. The van der Waals surface area contributed by atoms with Crippen molar-refractivity contribution in [2.45, 2.75) is 34.6 Å². The van der Waals surface area contributed by atoms with E-state index in [-0.39, 0.29) is 22.9 Å². The number of nitrogens with one attached hydrogen (secondary N) is 2. The second-order valence-electron chi connectivity index (χ2n) is 9.24. The Bertz CT molecular complexity index is 1880. The van der Waals surface area contributed by atoms with E-state index in [0.29, 0.717) is 62.2 Å². The number of hydrogen-bond acceptors (Lipinski definition) is 7. The number of benzene rings is 2. The summed E-state index contributed by atoms with van der Waals surface area (Å²) in [5.41, 5.74) is 3.34. The summed E-state index contributed by atoms with van der Waals surface area (Å²) in [6.45, 7) is 8.35. The number of aromatic nitrogens is 4.